The maximum atomic E-state index is 13.1. The second-order valence-corrected chi connectivity index (χ2v) is 7.25. The van der Waals surface area contributed by atoms with Crippen molar-refractivity contribution >= 4 is 13.3 Å². The van der Waals surface area contributed by atoms with Gasteiger partial charge in [0.15, 0.2) is 11.6 Å². The minimum atomic E-state index is -1.20. The van der Waals surface area contributed by atoms with E-state index >= 15 is 0 Å². The molecule has 0 spiro atoms. The second-order valence-electron chi connectivity index (χ2n) is 7.25. The molecule has 0 radical (unpaired) electrons. The summed E-state index contributed by atoms with van der Waals surface area (Å²) in [5.41, 5.74) is 7.06. The average Bonchev–Trinajstić information content (AvgIpc) is 2.57. The van der Waals surface area contributed by atoms with E-state index in [0.29, 0.717) is 18.2 Å². The summed E-state index contributed by atoms with van der Waals surface area (Å²) < 4.78 is 26.0. The highest BCUT2D eigenvalue weighted by Gasteiger charge is 2.32. The average molecular weight is 383 g/mol. The third kappa shape index (κ3) is 9.24. The van der Waals surface area contributed by atoms with E-state index in [1.54, 1.807) is 6.07 Å². The Kier molecular flexibility index (Phi) is 11.1. The van der Waals surface area contributed by atoms with E-state index in [0.717, 1.165) is 56.9 Å². The van der Waals surface area contributed by atoms with Gasteiger partial charge in [-0.25, -0.2) is 8.78 Å². The first kappa shape index (κ1) is 23.4. The maximum Gasteiger partial charge on any atom is 0.451 e. The second kappa shape index (κ2) is 12.7. The van der Waals surface area contributed by atoms with Gasteiger partial charge in [0.05, 0.1) is 0 Å². The molecule has 27 heavy (non-hydrogen) atoms. The van der Waals surface area contributed by atoms with Crippen LogP contribution in [0.4, 0.5) is 8.78 Å². The summed E-state index contributed by atoms with van der Waals surface area (Å²) in [6.45, 7) is 0. The fourth-order valence-corrected chi connectivity index (χ4v) is 3.61. The third-order valence-corrected chi connectivity index (χ3v) is 5.19. The van der Waals surface area contributed by atoms with Gasteiger partial charge in [-0.05, 0) is 68.0 Å². The van der Waals surface area contributed by atoms with Gasteiger partial charge < -0.3 is 15.8 Å². The van der Waals surface area contributed by atoms with Crippen LogP contribution in [0.2, 0.25) is 6.32 Å². The Morgan fingerprint density at radius 2 is 1.81 bits per heavy atom. The van der Waals surface area contributed by atoms with Crippen LogP contribution in [0.3, 0.4) is 0 Å². The molecule has 2 rings (SSSR count). The Labute approximate surface area is 159 Å². The minimum absolute atomic E-state index is 0.211. The Hall–Kier alpha value is -1.60. The molecule has 0 heterocycles. The first-order chi connectivity index (χ1) is 12.9. The van der Waals surface area contributed by atoms with Crippen LogP contribution in [-0.2, 0) is 16.0 Å². The maximum absolute atomic E-state index is 13.1. The first-order valence-electron chi connectivity index (χ1n) is 9.42. The molecule has 1 aliphatic rings. The molecule has 1 aromatic rings. The molecule has 8 heteroatoms. The molecule has 1 atom stereocenters. The fraction of sp³-hybridized carbons (Fsp3) is 0.632. The highest BCUT2D eigenvalue weighted by Crippen LogP contribution is 2.39. The van der Waals surface area contributed by atoms with Gasteiger partial charge in [-0.1, -0.05) is 25.3 Å². The van der Waals surface area contributed by atoms with Gasteiger partial charge in [0.1, 0.15) is 0 Å². The summed E-state index contributed by atoms with van der Waals surface area (Å²) in [6.07, 6.45) is 8.55. The van der Waals surface area contributed by atoms with E-state index in [1.807, 2.05) is 0 Å². The van der Waals surface area contributed by atoms with Gasteiger partial charge in [-0.3, -0.25) is 0 Å². The van der Waals surface area contributed by atoms with Crippen molar-refractivity contribution in [1.82, 2.24) is 0 Å². The summed E-state index contributed by atoms with van der Waals surface area (Å²) in [6, 6.07) is 4.35. The number of unbranched alkanes of at least 4 members (excludes halogenated alkanes) is 1. The van der Waals surface area contributed by atoms with Gasteiger partial charge in [0, 0.05) is 6.04 Å². The number of hydrogen-bond acceptors (Lipinski definition) is 5. The molecule has 0 saturated heterocycles. The predicted octanol–water partition coefficient (Wildman–Crippen LogP) is 2.70. The van der Waals surface area contributed by atoms with Crippen LogP contribution in [0.1, 0.15) is 50.5 Å². The van der Waals surface area contributed by atoms with E-state index in [2.05, 4.69) is 0 Å². The molecule has 1 fully saturated rings. The lowest BCUT2D eigenvalue weighted by Crippen LogP contribution is -2.39. The van der Waals surface area contributed by atoms with Crippen molar-refractivity contribution in [2.45, 2.75) is 63.7 Å². The summed E-state index contributed by atoms with van der Waals surface area (Å²) in [7, 11) is -1.20. The van der Waals surface area contributed by atoms with E-state index in [9.17, 15) is 8.78 Å². The van der Waals surface area contributed by atoms with Crippen LogP contribution in [0, 0.1) is 23.5 Å². The Morgan fingerprint density at radius 1 is 1.15 bits per heavy atom. The molecular formula is C19H28BF2NO4. The summed E-state index contributed by atoms with van der Waals surface area (Å²) in [5.74, 6) is -0.276. The SMILES string of the molecule is NC(CCCCB(O)O)C1CC(CCCc2ccc(F)c(F)c2)C1.O=C=O. The van der Waals surface area contributed by atoms with Crippen LogP contribution in [0.25, 0.3) is 0 Å². The van der Waals surface area contributed by atoms with Crippen LogP contribution in [0.15, 0.2) is 18.2 Å². The zero-order valence-electron chi connectivity index (χ0n) is 15.4. The van der Waals surface area contributed by atoms with E-state index < -0.39 is 18.8 Å². The largest absolute Gasteiger partial charge is 0.451 e. The van der Waals surface area contributed by atoms with Crippen LogP contribution in [-0.4, -0.2) is 29.4 Å². The van der Waals surface area contributed by atoms with Crippen molar-refractivity contribution in [3.05, 3.63) is 35.4 Å². The molecule has 150 valence electrons. The molecular weight excluding hydrogens is 355 g/mol. The smallest absolute Gasteiger partial charge is 0.427 e. The topological polar surface area (TPSA) is 101 Å². The summed E-state index contributed by atoms with van der Waals surface area (Å²) >= 11 is 0. The zero-order chi connectivity index (χ0) is 20.2. The lowest BCUT2D eigenvalue weighted by atomic mass is 9.68. The molecule has 1 unspecified atom stereocenters. The number of carbonyl (C=O) groups excluding carboxylic acids is 2. The molecule has 0 aromatic heterocycles. The van der Waals surface area contributed by atoms with Gasteiger partial charge >= 0.3 is 13.3 Å². The van der Waals surface area contributed by atoms with Crippen molar-refractivity contribution < 1.29 is 28.4 Å². The van der Waals surface area contributed by atoms with Crippen molar-refractivity contribution in [2.75, 3.05) is 0 Å². The van der Waals surface area contributed by atoms with Gasteiger partial charge in [0.25, 0.3) is 0 Å². The minimum Gasteiger partial charge on any atom is -0.427 e. The molecule has 1 aliphatic carbocycles. The molecule has 1 aromatic carbocycles. The highest BCUT2D eigenvalue weighted by atomic mass is 19.2. The first-order valence-corrected chi connectivity index (χ1v) is 9.42. The fourth-order valence-electron chi connectivity index (χ4n) is 3.61. The predicted molar refractivity (Wildman–Crippen MR) is 97.3 cm³/mol. The Balaban J connectivity index is 0.00000114. The number of halogens is 2. The lowest BCUT2D eigenvalue weighted by molar-refractivity contribution is -0.191. The molecule has 5 nitrogen and oxygen atoms in total. The van der Waals surface area contributed by atoms with E-state index in [4.69, 9.17) is 25.4 Å². The van der Waals surface area contributed by atoms with Crippen LogP contribution in [0.5, 0.6) is 0 Å². The van der Waals surface area contributed by atoms with Crippen molar-refractivity contribution in [3.63, 3.8) is 0 Å². The Morgan fingerprint density at radius 3 is 2.41 bits per heavy atom. The molecule has 0 aliphatic heterocycles. The van der Waals surface area contributed by atoms with Crippen molar-refractivity contribution in [2.24, 2.45) is 17.6 Å². The number of hydrogen-bond donors (Lipinski definition) is 3. The highest BCUT2D eigenvalue weighted by molar-refractivity contribution is 6.40. The standard InChI is InChI=1S/C18H28BF2NO2.CO2/c20-16-8-7-13(12-17(16)21)4-3-5-14-10-15(11-14)18(22)6-1-2-9-19(23)24;2-1-3/h7-8,12,14-15,18,23-24H,1-6,9-11,22H2;. The monoisotopic (exact) mass is 383 g/mol. The zero-order valence-corrected chi connectivity index (χ0v) is 15.4. The van der Waals surface area contributed by atoms with E-state index in [-0.39, 0.29) is 12.2 Å². The van der Waals surface area contributed by atoms with Crippen LogP contribution < -0.4 is 5.73 Å². The van der Waals surface area contributed by atoms with Gasteiger partial charge in [-0.15, -0.1) is 0 Å². The molecule has 0 bridgehead atoms. The molecule has 4 N–H and O–H groups in total. The van der Waals surface area contributed by atoms with Crippen molar-refractivity contribution in [1.29, 1.82) is 0 Å². The lowest BCUT2D eigenvalue weighted by Gasteiger charge is -2.39. The Bertz CT molecular complexity index is 591. The summed E-state index contributed by atoms with van der Waals surface area (Å²) in [5, 5.41) is 17.6. The molecule has 0 amide bonds. The van der Waals surface area contributed by atoms with Gasteiger partial charge in [0.2, 0.25) is 0 Å². The van der Waals surface area contributed by atoms with Crippen LogP contribution >= 0.6 is 0 Å². The number of nitrogens with two attached hydrogens (primary N) is 1. The number of rotatable bonds is 10. The van der Waals surface area contributed by atoms with Gasteiger partial charge in [-0.2, -0.15) is 9.59 Å². The molecule has 1 saturated carbocycles. The normalized spacial score (nSPS) is 19.3. The van der Waals surface area contributed by atoms with Crippen molar-refractivity contribution in [3.8, 4) is 0 Å². The van der Waals surface area contributed by atoms with E-state index in [1.165, 1.54) is 12.1 Å². The third-order valence-electron chi connectivity index (χ3n) is 5.19. The number of aryl methyl sites for hydroxylation is 1. The quantitative estimate of drug-likeness (QED) is 0.426. The number of benzene rings is 1. The summed E-state index contributed by atoms with van der Waals surface area (Å²) in [4.78, 5) is 16.2.